The van der Waals surface area contributed by atoms with Crippen molar-refractivity contribution in [3.63, 3.8) is 0 Å². The van der Waals surface area contributed by atoms with Crippen LogP contribution in [0, 0.1) is 0 Å². The number of nitrogens with zero attached hydrogens (tertiary/aromatic N) is 1. The van der Waals surface area contributed by atoms with E-state index in [1.54, 1.807) is 12.4 Å². The van der Waals surface area contributed by atoms with Crippen LogP contribution in [-0.2, 0) is 6.54 Å². The highest BCUT2D eigenvalue weighted by atomic mass is 32.1. The number of carbonyl (C=O) groups is 1. The Bertz CT molecular complexity index is 568. The third-order valence-corrected chi connectivity index (χ3v) is 3.25. The van der Waals surface area contributed by atoms with Gasteiger partial charge in [-0.25, -0.2) is 5.84 Å². The minimum atomic E-state index is -0.295. The molecule has 0 aliphatic carbocycles. The van der Waals surface area contributed by atoms with E-state index in [2.05, 4.69) is 5.43 Å². The zero-order valence-corrected chi connectivity index (χ0v) is 9.74. The highest BCUT2D eigenvalue weighted by Gasteiger charge is 2.11. The molecule has 2 aromatic heterocycles. The normalized spacial score (nSPS) is 10.2. The first-order valence-corrected chi connectivity index (χ1v) is 5.82. The summed E-state index contributed by atoms with van der Waals surface area (Å²) >= 11 is 1.34. The van der Waals surface area contributed by atoms with Gasteiger partial charge in [0.05, 0.1) is 4.88 Å². The van der Waals surface area contributed by atoms with Crippen LogP contribution in [0.25, 0.3) is 0 Å². The summed E-state index contributed by atoms with van der Waals surface area (Å²) in [6.07, 6.45) is 3.37. The Labute approximate surface area is 101 Å². The van der Waals surface area contributed by atoms with Crippen LogP contribution in [-0.4, -0.2) is 10.5 Å². The highest BCUT2D eigenvalue weighted by molar-refractivity contribution is 7.12. The summed E-state index contributed by atoms with van der Waals surface area (Å²) < 4.78 is 1.83. The summed E-state index contributed by atoms with van der Waals surface area (Å²) in [6.45, 7) is 0.534. The zero-order chi connectivity index (χ0) is 12.3. The molecule has 17 heavy (non-hydrogen) atoms. The summed E-state index contributed by atoms with van der Waals surface area (Å²) in [5.74, 6) is 4.81. The molecule has 3 N–H and O–H groups in total. The van der Waals surface area contributed by atoms with Gasteiger partial charge in [-0.1, -0.05) is 0 Å². The van der Waals surface area contributed by atoms with Crippen molar-refractivity contribution in [3.05, 3.63) is 56.6 Å². The number of carbonyl (C=O) groups excluding carboxylic acids is 1. The lowest BCUT2D eigenvalue weighted by Gasteiger charge is -2.06. The quantitative estimate of drug-likeness (QED) is 0.474. The second kappa shape index (κ2) is 4.94. The van der Waals surface area contributed by atoms with Crippen LogP contribution in [0.1, 0.15) is 15.2 Å². The van der Waals surface area contributed by atoms with Gasteiger partial charge in [0.1, 0.15) is 0 Å². The molecule has 1 amide bonds. The largest absolute Gasteiger partial charge is 0.350 e. The first-order chi connectivity index (χ1) is 8.20. The topological polar surface area (TPSA) is 77.1 Å². The van der Waals surface area contributed by atoms with Crippen LogP contribution in [0.3, 0.4) is 0 Å². The molecule has 0 bridgehead atoms. The van der Waals surface area contributed by atoms with Crippen molar-refractivity contribution in [2.45, 2.75) is 6.54 Å². The maximum Gasteiger partial charge on any atom is 0.275 e. The lowest BCUT2D eigenvalue weighted by molar-refractivity contribution is 0.0957. The van der Waals surface area contributed by atoms with Crippen molar-refractivity contribution >= 4 is 17.2 Å². The average molecular weight is 249 g/mol. The van der Waals surface area contributed by atoms with Crippen LogP contribution in [0.4, 0.5) is 0 Å². The van der Waals surface area contributed by atoms with E-state index in [0.29, 0.717) is 11.4 Å². The number of nitrogen functional groups attached to an aromatic ring is 1. The molecule has 0 aliphatic heterocycles. The van der Waals surface area contributed by atoms with Gasteiger partial charge < -0.3 is 4.57 Å². The molecule has 0 aromatic carbocycles. The predicted molar refractivity (Wildman–Crippen MR) is 65.8 cm³/mol. The molecule has 2 heterocycles. The highest BCUT2D eigenvalue weighted by Crippen LogP contribution is 2.17. The fraction of sp³-hybridized carbons (Fsp3) is 0.0909. The molecule has 88 valence electrons. The SMILES string of the molecule is NNC(=O)c1sccc1Cn1ccc(=O)cc1. The molecule has 6 heteroatoms. The fourth-order valence-corrected chi connectivity index (χ4v) is 2.29. The van der Waals surface area contributed by atoms with E-state index >= 15 is 0 Å². The first-order valence-electron chi connectivity index (χ1n) is 4.94. The molecule has 0 saturated carbocycles. The lowest BCUT2D eigenvalue weighted by atomic mass is 10.2. The van der Waals surface area contributed by atoms with Crippen molar-refractivity contribution < 1.29 is 4.79 Å². The van der Waals surface area contributed by atoms with Crippen molar-refractivity contribution in [1.29, 1.82) is 0 Å². The molecule has 0 radical (unpaired) electrons. The minimum absolute atomic E-state index is 0.0357. The van der Waals surface area contributed by atoms with E-state index in [1.807, 2.05) is 16.0 Å². The summed E-state index contributed by atoms with van der Waals surface area (Å²) in [5.41, 5.74) is 2.96. The van der Waals surface area contributed by atoms with Gasteiger partial charge in [0.25, 0.3) is 5.91 Å². The number of hydrogen-bond acceptors (Lipinski definition) is 4. The molecule has 0 aliphatic rings. The number of hydrazine groups is 1. The maximum absolute atomic E-state index is 11.5. The first kappa shape index (κ1) is 11.6. The average Bonchev–Trinajstić information content (AvgIpc) is 2.79. The zero-order valence-electron chi connectivity index (χ0n) is 8.92. The van der Waals surface area contributed by atoms with Gasteiger partial charge in [0.15, 0.2) is 5.43 Å². The van der Waals surface area contributed by atoms with Crippen LogP contribution < -0.4 is 16.7 Å². The smallest absolute Gasteiger partial charge is 0.275 e. The standard InChI is InChI=1S/C11H11N3O2S/c12-13-11(16)10-8(3-6-17-10)7-14-4-1-9(15)2-5-14/h1-6H,7,12H2,(H,13,16). The summed E-state index contributed by atoms with van der Waals surface area (Å²) in [5, 5.41) is 1.84. The second-order valence-corrected chi connectivity index (χ2v) is 4.37. The summed E-state index contributed by atoms with van der Waals surface area (Å²) in [4.78, 5) is 23.0. The Morgan fingerprint density at radius 1 is 1.35 bits per heavy atom. The van der Waals surface area contributed by atoms with Gasteiger partial charge in [-0.05, 0) is 17.0 Å². The Kier molecular flexibility index (Phi) is 3.36. The Balaban J connectivity index is 2.24. The van der Waals surface area contributed by atoms with E-state index in [9.17, 15) is 9.59 Å². The van der Waals surface area contributed by atoms with Gasteiger partial charge in [-0.15, -0.1) is 11.3 Å². The number of aromatic nitrogens is 1. The Morgan fingerprint density at radius 3 is 2.71 bits per heavy atom. The minimum Gasteiger partial charge on any atom is -0.350 e. The van der Waals surface area contributed by atoms with Gasteiger partial charge in [-0.3, -0.25) is 15.0 Å². The third-order valence-electron chi connectivity index (χ3n) is 2.30. The maximum atomic E-state index is 11.5. The summed E-state index contributed by atoms with van der Waals surface area (Å²) in [7, 11) is 0. The number of nitrogens with two attached hydrogens (primary N) is 1. The van der Waals surface area contributed by atoms with Gasteiger partial charge >= 0.3 is 0 Å². The van der Waals surface area contributed by atoms with Gasteiger partial charge in [0.2, 0.25) is 0 Å². The van der Waals surface area contributed by atoms with Crippen molar-refractivity contribution in [1.82, 2.24) is 9.99 Å². The van der Waals surface area contributed by atoms with E-state index in [1.165, 1.54) is 23.5 Å². The number of thiophene rings is 1. The molecule has 0 atom stereocenters. The van der Waals surface area contributed by atoms with E-state index in [-0.39, 0.29) is 11.3 Å². The van der Waals surface area contributed by atoms with E-state index < -0.39 is 0 Å². The van der Waals surface area contributed by atoms with Gasteiger partial charge in [-0.2, -0.15) is 0 Å². The Morgan fingerprint density at radius 2 is 2.06 bits per heavy atom. The molecular formula is C11H11N3O2S. The van der Waals surface area contributed by atoms with E-state index in [4.69, 9.17) is 5.84 Å². The third kappa shape index (κ3) is 2.61. The number of pyridine rings is 1. The molecule has 0 spiro atoms. The van der Waals surface area contributed by atoms with Crippen molar-refractivity contribution in [3.8, 4) is 0 Å². The van der Waals surface area contributed by atoms with Crippen LogP contribution >= 0.6 is 11.3 Å². The molecular weight excluding hydrogens is 238 g/mol. The molecule has 2 aromatic rings. The van der Waals surface area contributed by atoms with Crippen molar-refractivity contribution in [2.75, 3.05) is 0 Å². The van der Waals surface area contributed by atoms with Crippen molar-refractivity contribution in [2.24, 2.45) is 5.84 Å². The molecule has 5 nitrogen and oxygen atoms in total. The second-order valence-electron chi connectivity index (χ2n) is 3.45. The van der Waals surface area contributed by atoms with E-state index in [0.717, 1.165) is 5.56 Å². The number of nitrogens with one attached hydrogen (secondary N) is 1. The Hall–Kier alpha value is -1.92. The molecule has 2 rings (SSSR count). The number of amides is 1. The summed E-state index contributed by atoms with van der Waals surface area (Å²) in [6, 6.07) is 4.83. The van der Waals surface area contributed by atoms with Crippen LogP contribution in [0.15, 0.2) is 40.8 Å². The fourth-order valence-electron chi connectivity index (χ4n) is 1.47. The predicted octanol–water partition coefficient (Wildman–Crippen LogP) is 0.562. The lowest BCUT2D eigenvalue weighted by Crippen LogP contribution is -2.30. The monoisotopic (exact) mass is 249 g/mol. The molecule has 0 saturated heterocycles. The molecule has 0 fully saturated rings. The molecule has 0 unspecified atom stereocenters. The van der Waals surface area contributed by atoms with Crippen LogP contribution in [0.5, 0.6) is 0 Å². The number of rotatable bonds is 3. The number of hydrogen-bond donors (Lipinski definition) is 2. The van der Waals surface area contributed by atoms with Gasteiger partial charge in [0, 0.05) is 31.1 Å². The van der Waals surface area contributed by atoms with Crippen LogP contribution in [0.2, 0.25) is 0 Å².